The van der Waals surface area contributed by atoms with Crippen LogP contribution in [0.15, 0.2) is 16.7 Å². The molecule has 0 unspecified atom stereocenters. The Morgan fingerprint density at radius 2 is 2.36 bits per heavy atom. The van der Waals surface area contributed by atoms with Crippen molar-refractivity contribution in [1.82, 2.24) is 4.98 Å². The van der Waals surface area contributed by atoms with Crippen molar-refractivity contribution in [2.75, 3.05) is 5.32 Å². The Morgan fingerprint density at radius 1 is 1.64 bits per heavy atom. The van der Waals surface area contributed by atoms with Crippen molar-refractivity contribution in [1.29, 1.82) is 5.26 Å². The zero-order valence-electron chi connectivity index (χ0n) is 7.84. The second-order valence-electron chi connectivity index (χ2n) is 3.85. The molecule has 0 saturated heterocycles. The van der Waals surface area contributed by atoms with Crippen molar-refractivity contribution in [3.05, 3.63) is 22.3 Å². The van der Waals surface area contributed by atoms with E-state index in [-0.39, 0.29) is 5.54 Å². The molecule has 72 valence electrons. The number of nitrogens with one attached hydrogen (secondary N) is 1. The monoisotopic (exact) mass is 251 g/mol. The van der Waals surface area contributed by atoms with Crippen LogP contribution in [0.2, 0.25) is 0 Å². The van der Waals surface area contributed by atoms with Gasteiger partial charge in [0.25, 0.3) is 0 Å². The molecule has 0 bridgehead atoms. The van der Waals surface area contributed by atoms with Crippen molar-refractivity contribution in [2.24, 2.45) is 0 Å². The lowest BCUT2D eigenvalue weighted by molar-refractivity contribution is 0.820. The van der Waals surface area contributed by atoms with Gasteiger partial charge in [-0.15, -0.1) is 0 Å². The summed E-state index contributed by atoms with van der Waals surface area (Å²) in [6, 6.07) is 3.91. The fraction of sp³-hybridized carbons (Fsp3) is 0.400. The maximum Gasteiger partial charge on any atom is 0.144 e. The van der Waals surface area contributed by atoms with E-state index < -0.39 is 0 Å². The van der Waals surface area contributed by atoms with Crippen LogP contribution in [0, 0.1) is 11.3 Å². The Bertz CT molecular complexity index is 404. The summed E-state index contributed by atoms with van der Waals surface area (Å²) in [7, 11) is 0. The number of pyridine rings is 1. The normalized spacial score (nSPS) is 17.2. The van der Waals surface area contributed by atoms with Crippen molar-refractivity contribution in [3.63, 3.8) is 0 Å². The number of anilines is 1. The lowest BCUT2D eigenvalue weighted by atomic mass is 10.2. The molecule has 3 nitrogen and oxygen atoms in total. The summed E-state index contributed by atoms with van der Waals surface area (Å²) in [5.74, 6) is 0.690. The molecule has 0 radical (unpaired) electrons. The van der Waals surface area contributed by atoms with Crippen LogP contribution in [-0.4, -0.2) is 10.5 Å². The summed E-state index contributed by atoms with van der Waals surface area (Å²) in [5.41, 5.74) is 0.749. The van der Waals surface area contributed by atoms with Gasteiger partial charge in [0.1, 0.15) is 11.9 Å². The molecule has 1 saturated carbocycles. The molecule has 0 amide bonds. The van der Waals surface area contributed by atoms with Gasteiger partial charge < -0.3 is 5.32 Å². The molecule has 1 aromatic rings. The van der Waals surface area contributed by atoms with Crippen LogP contribution < -0.4 is 5.32 Å². The summed E-state index contributed by atoms with van der Waals surface area (Å²) >= 11 is 3.29. The molecule has 2 rings (SSSR count). The predicted octanol–water partition coefficient (Wildman–Crippen LogP) is 2.68. The number of aromatic nitrogens is 1. The van der Waals surface area contributed by atoms with Crippen molar-refractivity contribution in [3.8, 4) is 6.07 Å². The molecule has 1 aliphatic carbocycles. The van der Waals surface area contributed by atoms with Crippen LogP contribution in [0.1, 0.15) is 25.3 Å². The molecule has 1 aromatic heterocycles. The first kappa shape index (κ1) is 9.47. The van der Waals surface area contributed by atoms with Gasteiger partial charge in [0.15, 0.2) is 0 Å². The second-order valence-corrected chi connectivity index (χ2v) is 4.76. The molecular weight excluding hydrogens is 242 g/mol. The van der Waals surface area contributed by atoms with E-state index in [1.807, 2.05) is 0 Å². The lowest BCUT2D eigenvalue weighted by Crippen LogP contribution is -2.17. The van der Waals surface area contributed by atoms with E-state index in [4.69, 9.17) is 5.26 Å². The largest absolute Gasteiger partial charge is 0.364 e. The first-order chi connectivity index (χ1) is 6.63. The van der Waals surface area contributed by atoms with Gasteiger partial charge in [0.2, 0.25) is 0 Å². The van der Waals surface area contributed by atoms with E-state index in [0.717, 1.165) is 17.3 Å². The van der Waals surface area contributed by atoms with Crippen molar-refractivity contribution >= 4 is 21.7 Å². The number of hydrogen-bond donors (Lipinski definition) is 1. The number of nitrogens with zero attached hydrogens (tertiary/aromatic N) is 2. The average Bonchev–Trinajstić information content (AvgIpc) is 2.87. The van der Waals surface area contributed by atoms with E-state index in [1.54, 1.807) is 12.3 Å². The van der Waals surface area contributed by atoms with E-state index in [0.29, 0.717) is 11.4 Å². The standard InChI is InChI=1S/C10H10BrN3/c1-10(2-3-10)14-9-7(5-12)4-8(11)6-13-9/h4,6H,2-3H2,1H3,(H,13,14). The van der Waals surface area contributed by atoms with Crippen LogP contribution in [-0.2, 0) is 0 Å². The fourth-order valence-corrected chi connectivity index (χ4v) is 1.55. The van der Waals surface area contributed by atoms with E-state index in [1.165, 1.54) is 0 Å². The molecule has 1 fully saturated rings. The Hall–Kier alpha value is -1.08. The third-order valence-corrected chi connectivity index (χ3v) is 2.83. The third-order valence-electron chi connectivity index (χ3n) is 2.39. The quantitative estimate of drug-likeness (QED) is 0.880. The van der Waals surface area contributed by atoms with Crippen LogP contribution in [0.3, 0.4) is 0 Å². The summed E-state index contributed by atoms with van der Waals surface area (Å²) in [4.78, 5) is 4.19. The zero-order chi connectivity index (χ0) is 10.2. The van der Waals surface area contributed by atoms with Crippen LogP contribution in [0.4, 0.5) is 5.82 Å². The molecule has 1 N–H and O–H groups in total. The average molecular weight is 252 g/mol. The number of nitriles is 1. The van der Waals surface area contributed by atoms with Gasteiger partial charge in [0, 0.05) is 16.2 Å². The molecule has 0 spiro atoms. The van der Waals surface area contributed by atoms with Gasteiger partial charge in [-0.1, -0.05) is 0 Å². The maximum atomic E-state index is 8.91. The first-order valence-electron chi connectivity index (χ1n) is 4.47. The smallest absolute Gasteiger partial charge is 0.144 e. The minimum atomic E-state index is 0.159. The van der Waals surface area contributed by atoms with Gasteiger partial charge in [0.05, 0.1) is 5.56 Å². The SMILES string of the molecule is CC1(Nc2ncc(Br)cc2C#N)CC1. The second kappa shape index (κ2) is 3.25. The zero-order valence-corrected chi connectivity index (χ0v) is 9.43. The van der Waals surface area contributed by atoms with Gasteiger partial charge in [-0.05, 0) is 41.8 Å². The highest BCUT2D eigenvalue weighted by Gasteiger charge is 2.37. The highest BCUT2D eigenvalue weighted by molar-refractivity contribution is 9.10. The summed E-state index contributed by atoms with van der Waals surface area (Å²) in [6.45, 7) is 2.14. The Labute approximate surface area is 91.3 Å². The van der Waals surface area contributed by atoms with Crippen molar-refractivity contribution in [2.45, 2.75) is 25.3 Å². The summed E-state index contributed by atoms with van der Waals surface area (Å²) in [6.07, 6.45) is 4.00. The Balaban J connectivity index is 2.29. The fourth-order valence-electron chi connectivity index (χ4n) is 1.22. The molecular formula is C10H10BrN3. The van der Waals surface area contributed by atoms with Gasteiger partial charge >= 0.3 is 0 Å². The van der Waals surface area contributed by atoms with E-state index >= 15 is 0 Å². The van der Waals surface area contributed by atoms with Gasteiger partial charge in [-0.25, -0.2) is 4.98 Å². The Morgan fingerprint density at radius 3 is 2.93 bits per heavy atom. The number of hydrogen-bond acceptors (Lipinski definition) is 3. The van der Waals surface area contributed by atoms with Crippen LogP contribution in [0.5, 0.6) is 0 Å². The molecule has 1 aliphatic rings. The topological polar surface area (TPSA) is 48.7 Å². The van der Waals surface area contributed by atoms with Gasteiger partial charge in [-0.3, -0.25) is 0 Å². The van der Waals surface area contributed by atoms with Crippen LogP contribution >= 0.6 is 15.9 Å². The third kappa shape index (κ3) is 1.88. The maximum absolute atomic E-state index is 8.91. The van der Waals surface area contributed by atoms with E-state index in [9.17, 15) is 0 Å². The molecule has 4 heteroatoms. The molecule has 0 aliphatic heterocycles. The molecule has 0 atom stereocenters. The minimum Gasteiger partial charge on any atom is -0.364 e. The highest BCUT2D eigenvalue weighted by Crippen LogP contribution is 2.38. The van der Waals surface area contributed by atoms with Crippen molar-refractivity contribution < 1.29 is 0 Å². The molecule has 1 heterocycles. The van der Waals surface area contributed by atoms with Crippen LogP contribution in [0.25, 0.3) is 0 Å². The van der Waals surface area contributed by atoms with Gasteiger partial charge in [-0.2, -0.15) is 5.26 Å². The summed E-state index contributed by atoms with van der Waals surface area (Å²) < 4.78 is 0.834. The minimum absolute atomic E-state index is 0.159. The summed E-state index contributed by atoms with van der Waals surface area (Å²) in [5, 5.41) is 12.2. The molecule has 0 aromatic carbocycles. The highest BCUT2D eigenvalue weighted by atomic mass is 79.9. The number of rotatable bonds is 2. The first-order valence-corrected chi connectivity index (χ1v) is 5.26. The van der Waals surface area contributed by atoms with E-state index in [2.05, 4.69) is 39.2 Å². The lowest BCUT2D eigenvalue weighted by Gasteiger charge is -2.12. The molecule has 14 heavy (non-hydrogen) atoms. The number of halogens is 1. The Kier molecular flexibility index (Phi) is 2.20. The predicted molar refractivity (Wildman–Crippen MR) is 57.9 cm³/mol.